The second kappa shape index (κ2) is 7.09. The fraction of sp³-hybridized carbons (Fsp3) is 0.200. The first-order valence-electron chi connectivity index (χ1n) is 8.29. The highest BCUT2D eigenvalue weighted by Gasteiger charge is 2.37. The van der Waals surface area contributed by atoms with E-state index in [0.717, 1.165) is 4.57 Å². The van der Waals surface area contributed by atoms with E-state index in [1.807, 2.05) is 0 Å². The van der Waals surface area contributed by atoms with Gasteiger partial charge in [-0.15, -0.1) is 0 Å². The van der Waals surface area contributed by atoms with Crippen molar-refractivity contribution in [2.24, 2.45) is 7.05 Å². The fourth-order valence-electron chi connectivity index (χ4n) is 3.14. The summed E-state index contributed by atoms with van der Waals surface area (Å²) >= 11 is 0. The number of rotatable bonds is 2. The van der Waals surface area contributed by atoms with Crippen LogP contribution in [0.5, 0.6) is 5.75 Å². The van der Waals surface area contributed by atoms with Gasteiger partial charge in [0.05, 0.1) is 18.2 Å². The fourth-order valence-corrected chi connectivity index (χ4v) is 3.14. The lowest BCUT2D eigenvalue weighted by Gasteiger charge is -2.17. The van der Waals surface area contributed by atoms with Gasteiger partial charge in [0.25, 0.3) is 5.56 Å². The number of aromatic nitrogens is 1. The quantitative estimate of drug-likeness (QED) is 0.535. The predicted octanol–water partition coefficient (Wildman–Crippen LogP) is 5.12. The summed E-state index contributed by atoms with van der Waals surface area (Å²) in [4.78, 5) is 12.6. The molecule has 0 aliphatic carbocycles. The van der Waals surface area contributed by atoms with Gasteiger partial charge in [0.2, 0.25) is 0 Å². The maximum atomic E-state index is 13.3. The van der Waals surface area contributed by atoms with Crippen LogP contribution in [0, 0.1) is 11.3 Å². The lowest BCUT2D eigenvalue weighted by Crippen LogP contribution is -2.21. The minimum absolute atomic E-state index is 0.000287. The molecule has 3 rings (SSSR count). The van der Waals surface area contributed by atoms with Crippen LogP contribution in [0.3, 0.4) is 0 Å². The van der Waals surface area contributed by atoms with E-state index in [-0.39, 0.29) is 33.8 Å². The van der Waals surface area contributed by atoms with Crippen LogP contribution in [0.4, 0.5) is 26.3 Å². The van der Waals surface area contributed by atoms with Crippen molar-refractivity contribution in [1.82, 2.24) is 4.57 Å². The van der Waals surface area contributed by atoms with Gasteiger partial charge in [-0.3, -0.25) is 4.79 Å². The monoisotopic (exact) mass is 426 g/mol. The summed E-state index contributed by atoms with van der Waals surface area (Å²) in [6, 6.07) is 6.80. The van der Waals surface area contributed by atoms with Gasteiger partial charge in [0.1, 0.15) is 17.5 Å². The molecule has 0 saturated heterocycles. The van der Waals surface area contributed by atoms with Gasteiger partial charge in [-0.25, -0.2) is 0 Å². The Morgan fingerprint density at radius 3 is 1.97 bits per heavy atom. The van der Waals surface area contributed by atoms with Crippen molar-refractivity contribution in [3.63, 3.8) is 0 Å². The Morgan fingerprint density at radius 1 is 0.933 bits per heavy atom. The van der Waals surface area contributed by atoms with Crippen molar-refractivity contribution in [1.29, 1.82) is 5.26 Å². The number of hydrogen-bond acceptors (Lipinski definition) is 3. The van der Waals surface area contributed by atoms with Crippen molar-refractivity contribution < 1.29 is 31.1 Å². The first kappa shape index (κ1) is 21.2. The Balaban J connectivity index is 2.54. The minimum Gasteiger partial charge on any atom is -0.497 e. The molecule has 1 heterocycles. The molecular weight excluding hydrogens is 414 g/mol. The first-order chi connectivity index (χ1) is 13.9. The van der Waals surface area contributed by atoms with Gasteiger partial charge >= 0.3 is 12.4 Å². The molecule has 0 bridgehead atoms. The summed E-state index contributed by atoms with van der Waals surface area (Å²) in [5, 5.41) is 9.56. The maximum Gasteiger partial charge on any atom is 0.416 e. The van der Waals surface area contributed by atoms with Crippen LogP contribution in [0.1, 0.15) is 16.8 Å². The van der Waals surface area contributed by atoms with Crippen LogP contribution < -0.4 is 10.3 Å². The zero-order valence-corrected chi connectivity index (χ0v) is 15.4. The van der Waals surface area contributed by atoms with Gasteiger partial charge in [0.15, 0.2) is 0 Å². The topological polar surface area (TPSA) is 55.0 Å². The van der Waals surface area contributed by atoms with E-state index in [0.29, 0.717) is 12.1 Å². The summed E-state index contributed by atoms with van der Waals surface area (Å²) in [6.45, 7) is 0. The van der Waals surface area contributed by atoms with Crippen LogP contribution in [-0.4, -0.2) is 11.7 Å². The average Bonchev–Trinajstić information content (AvgIpc) is 2.68. The van der Waals surface area contributed by atoms with E-state index in [4.69, 9.17) is 4.74 Å². The van der Waals surface area contributed by atoms with Gasteiger partial charge < -0.3 is 9.30 Å². The van der Waals surface area contributed by atoms with Crippen LogP contribution in [0.2, 0.25) is 0 Å². The molecule has 0 amide bonds. The lowest BCUT2D eigenvalue weighted by atomic mass is 9.93. The van der Waals surface area contributed by atoms with Crippen LogP contribution in [0.15, 0.2) is 41.2 Å². The molecule has 0 spiro atoms. The normalized spacial score (nSPS) is 12.1. The molecule has 0 saturated carbocycles. The van der Waals surface area contributed by atoms with E-state index in [9.17, 15) is 36.4 Å². The van der Waals surface area contributed by atoms with Gasteiger partial charge in [-0.05, 0) is 42.0 Å². The molecule has 30 heavy (non-hydrogen) atoms. The molecular formula is C20H12F6N2O2. The zero-order valence-electron chi connectivity index (χ0n) is 15.4. The number of hydrogen-bond donors (Lipinski definition) is 0. The molecule has 0 aliphatic rings. The van der Waals surface area contributed by atoms with Crippen molar-refractivity contribution in [3.05, 3.63) is 63.6 Å². The third-order valence-electron chi connectivity index (χ3n) is 4.59. The Hall–Kier alpha value is -3.48. The number of fused-ring (bicyclic) bond motifs is 1. The summed E-state index contributed by atoms with van der Waals surface area (Å²) in [5.41, 5.74) is -4.79. The largest absolute Gasteiger partial charge is 0.497 e. The van der Waals surface area contributed by atoms with Crippen LogP contribution in [-0.2, 0) is 19.4 Å². The van der Waals surface area contributed by atoms with E-state index in [1.54, 1.807) is 6.07 Å². The Morgan fingerprint density at radius 2 is 1.50 bits per heavy atom. The number of halogens is 6. The van der Waals surface area contributed by atoms with E-state index in [2.05, 4.69) is 0 Å². The first-order valence-corrected chi connectivity index (χ1v) is 8.29. The molecule has 1 aromatic heterocycles. The van der Waals surface area contributed by atoms with E-state index in [1.165, 1.54) is 32.4 Å². The summed E-state index contributed by atoms with van der Waals surface area (Å²) in [7, 11) is 2.52. The average molecular weight is 426 g/mol. The molecule has 156 valence electrons. The van der Waals surface area contributed by atoms with Crippen molar-refractivity contribution in [2.75, 3.05) is 7.11 Å². The minimum atomic E-state index is -5.06. The Bertz CT molecular complexity index is 1220. The van der Waals surface area contributed by atoms with Gasteiger partial charge in [-0.1, -0.05) is 0 Å². The zero-order chi connectivity index (χ0) is 22.4. The number of pyridine rings is 1. The number of methoxy groups -OCH3 is 1. The predicted molar refractivity (Wildman–Crippen MR) is 95.9 cm³/mol. The second-order valence-corrected chi connectivity index (χ2v) is 6.41. The Labute approximate surface area is 165 Å². The number of benzene rings is 2. The molecule has 0 aliphatic heterocycles. The molecule has 4 nitrogen and oxygen atoms in total. The second-order valence-electron chi connectivity index (χ2n) is 6.41. The molecule has 0 fully saturated rings. The van der Waals surface area contributed by atoms with E-state index < -0.39 is 34.6 Å². The van der Waals surface area contributed by atoms with E-state index >= 15 is 0 Å². The molecule has 0 atom stereocenters. The van der Waals surface area contributed by atoms with Gasteiger partial charge in [0, 0.05) is 23.4 Å². The van der Waals surface area contributed by atoms with Crippen molar-refractivity contribution >= 4 is 10.8 Å². The lowest BCUT2D eigenvalue weighted by molar-refractivity contribution is -0.143. The standard InChI is InChI=1S/C20H12F6N2O2/c1-28-16(9-27)17(15-8-13(30-2)3-4-14(15)18(28)29)10-5-11(19(21,22)23)7-12(6-10)20(24,25)26/h3-8H,1-2H3. The Kier molecular flexibility index (Phi) is 5.02. The molecule has 0 unspecified atom stereocenters. The number of ether oxygens (including phenoxy) is 1. The van der Waals surface area contributed by atoms with Crippen molar-refractivity contribution in [2.45, 2.75) is 12.4 Å². The smallest absolute Gasteiger partial charge is 0.416 e. The molecule has 10 heteroatoms. The van der Waals surface area contributed by atoms with Gasteiger partial charge in [-0.2, -0.15) is 31.6 Å². The highest BCUT2D eigenvalue weighted by atomic mass is 19.4. The number of nitrogens with zero attached hydrogens (tertiary/aromatic N) is 2. The number of nitriles is 1. The van der Waals surface area contributed by atoms with Crippen LogP contribution >= 0.6 is 0 Å². The SMILES string of the molecule is COc1ccc2c(=O)n(C)c(C#N)c(-c3cc(C(F)(F)F)cc(C(F)(F)F)c3)c2c1. The van der Waals surface area contributed by atoms with Crippen molar-refractivity contribution in [3.8, 4) is 22.9 Å². The molecule has 3 aromatic rings. The summed E-state index contributed by atoms with van der Waals surface area (Å²) in [6.07, 6.45) is -10.1. The number of alkyl halides is 6. The highest BCUT2D eigenvalue weighted by molar-refractivity contribution is 5.99. The van der Waals surface area contributed by atoms with Crippen LogP contribution in [0.25, 0.3) is 21.9 Å². The third-order valence-corrected chi connectivity index (χ3v) is 4.59. The molecule has 0 radical (unpaired) electrons. The third kappa shape index (κ3) is 3.58. The summed E-state index contributed by atoms with van der Waals surface area (Å²) in [5.74, 6) is 0.212. The summed E-state index contributed by atoms with van der Waals surface area (Å²) < 4.78 is 85.8. The maximum absolute atomic E-state index is 13.3. The molecule has 0 N–H and O–H groups in total. The molecule has 2 aromatic carbocycles. The highest BCUT2D eigenvalue weighted by Crippen LogP contribution is 2.41.